The number of amides is 2. The second kappa shape index (κ2) is 10.4. The van der Waals surface area contributed by atoms with Crippen LogP contribution in [-0.2, 0) is 11.2 Å². The van der Waals surface area contributed by atoms with Crippen molar-refractivity contribution in [3.63, 3.8) is 0 Å². The molecule has 1 saturated heterocycles. The molecule has 2 heterocycles. The topological polar surface area (TPSA) is 88.3 Å². The number of hydrogen-bond acceptors (Lipinski definition) is 5. The van der Waals surface area contributed by atoms with Gasteiger partial charge in [0.15, 0.2) is 0 Å². The Morgan fingerprint density at radius 1 is 1.06 bits per heavy atom. The van der Waals surface area contributed by atoms with Gasteiger partial charge in [-0.25, -0.2) is 0 Å². The Balaban J connectivity index is 1.18. The van der Waals surface area contributed by atoms with E-state index in [4.69, 9.17) is 16.1 Å². The van der Waals surface area contributed by atoms with Crippen LogP contribution in [-0.4, -0.2) is 46.0 Å². The van der Waals surface area contributed by atoms with E-state index in [-0.39, 0.29) is 17.9 Å². The third-order valence-corrected chi connectivity index (χ3v) is 5.82. The molecule has 0 atom stereocenters. The number of hydrogen-bond donors (Lipinski definition) is 1. The maximum atomic E-state index is 12.6. The Morgan fingerprint density at radius 3 is 2.50 bits per heavy atom. The van der Waals surface area contributed by atoms with E-state index < -0.39 is 0 Å². The van der Waals surface area contributed by atoms with E-state index in [0.717, 1.165) is 18.4 Å². The Morgan fingerprint density at radius 2 is 1.78 bits per heavy atom. The molecular formula is C24H25ClN4O3. The highest BCUT2D eigenvalue weighted by molar-refractivity contribution is 6.30. The summed E-state index contributed by atoms with van der Waals surface area (Å²) in [5, 5.41) is 7.72. The molecule has 1 aliphatic rings. The molecule has 2 aromatic carbocycles. The first-order valence-electron chi connectivity index (χ1n) is 10.8. The zero-order valence-electron chi connectivity index (χ0n) is 17.7. The van der Waals surface area contributed by atoms with Gasteiger partial charge in [-0.05, 0) is 55.7 Å². The first kappa shape index (κ1) is 22.0. The molecule has 1 N–H and O–H groups in total. The number of carbonyl (C=O) groups excluding carboxylic acids is 2. The van der Waals surface area contributed by atoms with E-state index in [1.807, 2.05) is 35.2 Å². The van der Waals surface area contributed by atoms with E-state index in [0.29, 0.717) is 54.7 Å². The van der Waals surface area contributed by atoms with Crippen LogP contribution in [0.2, 0.25) is 5.02 Å². The van der Waals surface area contributed by atoms with Gasteiger partial charge in [0.25, 0.3) is 5.91 Å². The number of likely N-dealkylation sites (tertiary alicyclic amines) is 1. The van der Waals surface area contributed by atoms with Crippen LogP contribution in [0.25, 0.3) is 11.4 Å². The number of nitrogens with zero attached hydrogens (tertiary/aromatic N) is 3. The van der Waals surface area contributed by atoms with Gasteiger partial charge in [0, 0.05) is 48.1 Å². The quantitative estimate of drug-likeness (QED) is 0.582. The van der Waals surface area contributed by atoms with Crippen LogP contribution >= 0.6 is 11.6 Å². The predicted octanol–water partition coefficient (Wildman–Crippen LogP) is 4.13. The molecule has 1 fully saturated rings. The first-order chi connectivity index (χ1) is 15.6. The number of piperidine rings is 1. The van der Waals surface area contributed by atoms with Gasteiger partial charge in [-0.1, -0.05) is 35.0 Å². The summed E-state index contributed by atoms with van der Waals surface area (Å²) in [6, 6.07) is 16.5. The molecule has 3 aromatic rings. The van der Waals surface area contributed by atoms with Gasteiger partial charge in [0.1, 0.15) is 0 Å². The Labute approximate surface area is 191 Å². The summed E-state index contributed by atoms with van der Waals surface area (Å²) in [6.07, 6.45) is 3.15. The molecule has 4 rings (SSSR count). The number of aromatic nitrogens is 2. The van der Waals surface area contributed by atoms with Crippen molar-refractivity contribution in [1.82, 2.24) is 20.4 Å². The number of rotatable bonds is 7. The zero-order valence-corrected chi connectivity index (χ0v) is 18.4. The van der Waals surface area contributed by atoms with E-state index in [9.17, 15) is 9.59 Å². The van der Waals surface area contributed by atoms with E-state index in [1.54, 1.807) is 24.3 Å². The average Bonchev–Trinajstić information content (AvgIpc) is 3.29. The highest BCUT2D eigenvalue weighted by Crippen LogP contribution is 2.19. The van der Waals surface area contributed by atoms with E-state index in [2.05, 4.69) is 15.5 Å². The minimum absolute atomic E-state index is 0.0621. The van der Waals surface area contributed by atoms with Gasteiger partial charge in [-0.3, -0.25) is 9.59 Å². The highest BCUT2D eigenvalue weighted by Gasteiger charge is 2.24. The minimum Gasteiger partial charge on any atom is -0.349 e. The van der Waals surface area contributed by atoms with Gasteiger partial charge in [-0.2, -0.15) is 4.98 Å². The minimum atomic E-state index is -0.0621. The molecule has 1 aromatic heterocycles. The lowest BCUT2D eigenvalue weighted by atomic mass is 10.0. The summed E-state index contributed by atoms with van der Waals surface area (Å²) in [7, 11) is 0. The average molecular weight is 453 g/mol. The molecule has 0 unspecified atom stereocenters. The van der Waals surface area contributed by atoms with Crippen LogP contribution in [0, 0.1) is 0 Å². The van der Waals surface area contributed by atoms with E-state index in [1.165, 1.54) is 0 Å². The fourth-order valence-corrected chi connectivity index (χ4v) is 3.88. The second-order valence-electron chi connectivity index (χ2n) is 7.87. The molecule has 0 bridgehead atoms. The summed E-state index contributed by atoms with van der Waals surface area (Å²) >= 11 is 5.90. The summed E-state index contributed by atoms with van der Waals surface area (Å²) < 4.78 is 5.30. The number of benzene rings is 2. The van der Waals surface area contributed by atoms with Crippen LogP contribution in [0.15, 0.2) is 59.1 Å². The monoisotopic (exact) mass is 452 g/mol. The van der Waals surface area contributed by atoms with Crippen molar-refractivity contribution in [3.05, 3.63) is 71.1 Å². The van der Waals surface area contributed by atoms with Crippen molar-refractivity contribution in [2.24, 2.45) is 0 Å². The summed E-state index contributed by atoms with van der Waals surface area (Å²) in [4.78, 5) is 31.1. The Bertz CT molecular complexity index is 1040. The van der Waals surface area contributed by atoms with Crippen LogP contribution in [0.3, 0.4) is 0 Å². The number of carbonyl (C=O) groups is 2. The molecule has 0 radical (unpaired) electrons. The SMILES string of the molecule is O=C(NC1CCN(C(=O)CCCc2nc(-c3ccc(Cl)cc3)no2)CC1)c1ccccc1. The number of halogens is 1. The lowest BCUT2D eigenvalue weighted by Crippen LogP contribution is -2.46. The summed E-state index contributed by atoms with van der Waals surface area (Å²) in [5.74, 6) is 1.09. The summed E-state index contributed by atoms with van der Waals surface area (Å²) in [5.41, 5.74) is 1.49. The molecule has 0 aliphatic carbocycles. The maximum Gasteiger partial charge on any atom is 0.251 e. The predicted molar refractivity (Wildman–Crippen MR) is 121 cm³/mol. The Kier molecular flexibility index (Phi) is 7.17. The van der Waals surface area contributed by atoms with Crippen molar-refractivity contribution in [3.8, 4) is 11.4 Å². The molecular weight excluding hydrogens is 428 g/mol. The first-order valence-corrected chi connectivity index (χ1v) is 11.2. The van der Waals surface area contributed by atoms with Gasteiger partial charge >= 0.3 is 0 Å². The fraction of sp³-hybridized carbons (Fsp3) is 0.333. The molecule has 2 amide bonds. The van der Waals surface area contributed by atoms with Gasteiger partial charge in [-0.15, -0.1) is 0 Å². The number of nitrogens with one attached hydrogen (secondary N) is 1. The molecule has 8 heteroatoms. The standard InChI is InChI=1S/C24H25ClN4O3/c25-19-11-9-17(10-12-19)23-27-21(32-28-23)7-4-8-22(30)29-15-13-20(14-16-29)26-24(31)18-5-2-1-3-6-18/h1-3,5-6,9-12,20H,4,7-8,13-16H2,(H,26,31). The largest absolute Gasteiger partial charge is 0.349 e. The van der Waals surface area contributed by atoms with Crippen LogP contribution in [0.4, 0.5) is 0 Å². The fourth-order valence-electron chi connectivity index (χ4n) is 3.75. The smallest absolute Gasteiger partial charge is 0.251 e. The van der Waals surface area contributed by atoms with Crippen molar-refractivity contribution in [1.29, 1.82) is 0 Å². The molecule has 1 aliphatic heterocycles. The zero-order chi connectivity index (χ0) is 22.3. The second-order valence-corrected chi connectivity index (χ2v) is 8.30. The van der Waals surface area contributed by atoms with Crippen molar-refractivity contribution >= 4 is 23.4 Å². The van der Waals surface area contributed by atoms with Crippen molar-refractivity contribution in [2.75, 3.05) is 13.1 Å². The molecule has 166 valence electrons. The lowest BCUT2D eigenvalue weighted by molar-refractivity contribution is -0.132. The van der Waals surface area contributed by atoms with Gasteiger partial charge in [0.2, 0.25) is 17.6 Å². The van der Waals surface area contributed by atoms with Gasteiger partial charge < -0.3 is 14.7 Å². The number of aryl methyl sites for hydroxylation is 1. The molecule has 32 heavy (non-hydrogen) atoms. The van der Waals surface area contributed by atoms with Gasteiger partial charge in [0.05, 0.1) is 0 Å². The maximum absolute atomic E-state index is 12.6. The molecule has 7 nitrogen and oxygen atoms in total. The third-order valence-electron chi connectivity index (χ3n) is 5.57. The molecule has 0 spiro atoms. The van der Waals surface area contributed by atoms with Crippen LogP contribution in [0.1, 0.15) is 41.9 Å². The normalized spacial score (nSPS) is 14.3. The lowest BCUT2D eigenvalue weighted by Gasteiger charge is -2.32. The molecule has 0 saturated carbocycles. The van der Waals surface area contributed by atoms with Crippen molar-refractivity contribution in [2.45, 2.75) is 38.1 Å². The van der Waals surface area contributed by atoms with Crippen LogP contribution in [0.5, 0.6) is 0 Å². The third kappa shape index (κ3) is 5.73. The van der Waals surface area contributed by atoms with Crippen LogP contribution < -0.4 is 5.32 Å². The highest BCUT2D eigenvalue weighted by atomic mass is 35.5. The Hall–Kier alpha value is -3.19. The summed E-state index contributed by atoms with van der Waals surface area (Å²) in [6.45, 7) is 1.31. The van der Waals surface area contributed by atoms with E-state index >= 15 is 0 Å². The van der Waals surface area contributed by atoms with Crippen molar-refractivity contribution < 1.29 is 14.1 Å².